The predicted molar refractivity (Wildman–Crippen MR) is 64.5 cm³/mol. The summed E-state index contributed by atoms with van der Waals surface area (Å²) in [5.41, 5.74) is 2.97. The van der Waals surface area contributed by atoms with Crippen molar-refractivity contribution in [1.82, 2.24) is 0 Å². The average Bonchev–Trinajstić information content (AvgIpc) is 2.08. The van der Waals surface area contributed by atoms with Crippen LogP contribution in [0.25, 0.3) is 0 Å². The Labute approximate surface area is 91.8 Å². The Hall–Kier alpha value is -1.31. The van der Waals surface area contributed by atoms with Gasteiger partial charge < -0.3 is 5.21 Å². The molecular weight excluding hydrogens is 186 g/mol. The highest BCUT2D eigenvalue weighted by Crippen LogP contribution is 2.10. The molecule has 0 aliphatic heterocycles. The lowest BCUT2D eigenvalue weighted by atomic mass is 10.1. The van der Waals surface area contributed by atoms with Crippen LogP contribution in [0.15, 0.2) is 18.2 Å². The second-order valence-electron chi connectivity index (χ2n) is 4.99. The van der Waals surface area contributed by atoms with Crippen molar-refractivity contribution in [3.05, 3.63) is 40.1 Å². The molecule has 1 aromatic rings. The minimum absolute atomic E-state index is 0.378. The lowest BCUT2D eigenvalue weighted by Crippen LogP contribution is -2.29. The van der Waals surface area contributed by atoms with Crippen molar-refractivity contribution in [2.45, 2.75) is 40.2 Å². The molecule has 0 atom stereocenters. The van der Waals surface area contributed by atoms with E-state index in [4.69, 9.17) is 0 Å². The van der Waals surface area contributed by atoms with Crippen LogP contribution in [-0.4, -0.2) is 16.5 Å². The molecule has 0 bridgehead atoms. The second-order valence-corrected chi connectivity index (χ2v) is 4.99. The quantitative estimate of drug-likeness (QED) is 0.299. The maximum absolute atomic E-state index is 11.7. The van der Waals surface area contributed by atoms with Crippen LogP contribution in [0.2, 0.25) is 0 Å². The van der Waals surface area contributed by atoms with E-state index in [0.29, 0.717) is 0 Å². The molecule has 0 N–H and O–H groups in total. The summed E-state index contributed by atoms with van der Waals surface area (Å²) in [6.45, 7) is 9.78. The third-order valence-electron chi connectivity index (χ3n) is 2.34. The molecule has 0 amide bonds. The molecule has 0 radical (unpaired) electrons. The largest absolute Gasteiger partial charge is 0.623 e. The molecule has 1 rings (SSSR count). The van der Waals surface area contributed by atoms with Gasteiger partial charge in [0.15, 0.2) is 11.8 Å². The fraction of sp³-hybridized carbons (Fsp3) is 0.462. The van der Waals surface area contributed by atoms with E-state index < -0.39 is 0 Å². The van der Waals surface area contributed by atoms with Gasteiger partial charge in [0, 0.05) is 26.3 Å². The topological polar surface area (TPSA) is 26.1 Å². The van der Waals surface area contributed by atoms with E-state index in [0.717, 1.165) is 15.9 Å². The Balaban J connectivity index is 3.09. The minimum Gasteiger partial charge on any atom is -0.623 e. The van der Waals surface area contributed by atoms with Crippen LogP contribution in [0.1, 0.15) is 37.5 Å². The normalized spacial score (nSPS) is 13.0. The Morgan fingerprint density at radius 1 is 1.20 bits per heavy atom. The zero-order valence-corrected chi connectivity index (χ0v) is 10.2. The monoisotopic (exact) mass is 205 g/mol. The Bertz CT molecular complexity index is 386. The van der Waals surface area contributed by atoms with E-state index in [2.05, 4.69) is 13.0 Å². The molecule has 0 saturated heterocycles. The molecule has 0 spiro atoms. The van der Waals surface area contributed by atoms with Gasteiger partial charge in [-0.1, -0.05) is 17.7 Å². The minimum atomic E-state index is -0.378. The van der Waals surface area contributed by atoms with Crippen molar-refractivity contribution >= 4 is 6.21 Å². The molecule has 0 aliphatic carbocycles. The van der Waals surface area contributed by atoms with E-state index in [-0.39, 0.29) is 5.54 Å². The van der Waals surface area contributed by atoms with Crippen molar-refractivity contribution < 1.29 is 4.74 Å². The van der Waals surface area contributed by atoms with E-state index in [1.54, 1.807) is 6.21 Å². The summed E-state index contributed by atoms with van der Waals surface area (Å²) in [6.07, 6.45) is 1.66. The van der Waals surface area contributed by atoms with Gasteiger partial charge in [-0.3, -0.25) is 0 Å². The van der Waals surface area contributed by atoms with Crippen molar-refractivity contribution in [2.24, 2.45) is 0 Å². The Morgan fingerprint density at radius 2 is 1.80 bits per heavy atom. The zero-order chi connectivity index (χ0) is 11.6. The highest BCUT2D eigenvalue weighted by molar-refractivity contribution is 5.78. The summed E-state index contributed by atoms with van der Waals surface area (Å²) in [5.74, 6) is 0. The van der Waals surface area contributed by atoms with Crippen LogP contribution < -0.4 is 0 Å². The zero-order valence-electron chi connectivity index (χ0n) is 10.2. The van der Waals surface area contributed by atoms with Gasteiger partial charge in [-0.15, -0.1) is 0 Å². The van der Waals surface area contributed by atoms with Crippen LogP contribution in [0.4, 0.5) is 0 Å². The lowest BCUT2D eigenvalue weighted by molar-refractivity contribution is -0.530. The number of hydrogen-bond acceptors (Lipinski definition) is 1. The maximum Gasteiger partial charge on any atom is 0.182 e. The standard InChI is InChI=1S/C13H19NO/c1-10-6-7-12(11(2)8-10)9-14(15)13(3,4)5/h6-9H,1-5H3. The summed E-state index contributed by atoms with van der Waals surface area (Å²) in [5, 5.41) is 11.7. The van der Waals surface area contributed by atoms with Gasteiger partial charge in [0.2, 0.25) is 0 Å². The summed E-state index contributed by atoms with van der Waals surface area (Å²) in [6, 6.07) is 6.10. The first-order chi connectivity index (χ1) is 6.80. The molecule has 0 heterocycles. The fourth-order valence-corrected chi connectivity index (χ4v) is 1.29. The number of aryl methyl sites for hydroxylation is 2. The number of nitrogens with zero attached hydrogens (tertiary/aromatic N) is 1. The third kappa shape index (κ3) is 3.08. The summed E-state index contributed by atoms with van der Waals surface area (Å²) >= 11 is 0. The highest BCUT2D eigenvalue weighted by atomic mass is 16.5. The molecule has 15 heavy (non-hydrogen) atoms. The smallest absolute Gasteiger partial charge is 0.182 e. The summed E-state index contributed by atoms with van der Waals surface area (Å²) < 4.78 is 1.00. The second kappa shape index (κ2) is 4.05. The summed E-state index contributed by atoms with van der Waals surface area (Å²) in [4.78, 5) is 0. The number of benzene rings is 1. The van der Waals surface area contributed by atoms with Crippen LogP contribution >= 0.6 is 0 Å². The van der Waals surface area contributed by atoms with Gasteiger partial charge in [-0.05, 0) is 25.5 Å². The molecule has 0 unspecified atom stereocenters. The van der Waals surface area contributed by atoms with Crippen molar-refractivity contribution in [2.75, 3.05) is 0 Å². The molecule has 0 fully saturated rings. The first-order valence-electron chi connectivity index (χ1n) is 5.19. The van der Waals surface area contributed by atoms with Gasteiger partial charge in [0.1, 0.15) is 0 Å². The van der Waals surface area contributed by atoms with Gasteiger partial charge in [-0.25, -0.2) is 4.74 Å². The van der Waals surface area contributed by atoms with E-state index in [1.807, 2.05) is 39.8 Å². The molecule has 82 valence electrons. The van der Waals surface area contributed by atoms with Crippen LogP contribution in [-0.2, 0) is 0 Å². The number of hydrogen-bond donors (Lipinski definition) is 0. The molecule has 2 heteroatoms. The predicted octanol–water partition coefficient (Wildman–Crippen LogP) is 3.03. The molecule has 1 aromatic carbocycles. The van der Waals surface area contributed by atoms with E-state index >= 15 is 0 Å². The molecule has 0 aromatic heterocycles. The third-order valence-corrected chi connectivity index (χ3v) is 2.34. The average molecular weight is 205 g/mol. The van der Waals surface area contributed by atoms with Crippen LogP contribution in [0, 0.1) is 19.1 Å². The molecule has 2 nitrogen and oxygen atoms in total. The molecule has 0 saturated carbocycles. The highest BCUT2D eigenvalue weighted by Gasteiger charge is 2.18. The van der Waals surface area contributed by atoms with Crippen molar-refractivity contribution in [3.8, 4) is 0 Å². The SMILES string of the molecule is Cc1ccc(C=[N+]([O-])C(C)(C)C)c(C)c1. The Kier molecular flexibility index (Phi) is 3.18. The van der Waals surface area contributed by atoms with Gasteiger partial charge in [0.05, 0.1) is 0 Å². The number of rotatable bonds is 1. The lowest BCUT2D eigenvalue weighted by Gasteiger charge is -2.18. The van der Waals surface area contributed by atoms with Crippen molar-refractivity contribution in [1.29, 1.82) is 0 Å². The van der Waals surface area contributed by atoms with Crippen LogP contribution in [0.5, 0.6) is 0 Å². The van der Waals surface area contributed by atoms with Gasteiger partial charge >= 0.3 is 0 Å². The molecular formula is C13H19NO. The van der Waals surface area contributed by atoms with E-state index in [9.17, 15) is 5.21 Å². The van der Waals surface area contributed by atoms with Gasteiger partial charge in [-0.2, -0.15) is 0 Å². The Morgan fingerprint density at radius 3 is 2.27 bits per heavy atom. The van der Waals surface area contributed by atoms with Gasteiger partial charge in [0.25, 0.3) is 0 Å². The summed E-state index contributed by atoms with van der Waals surface area (Å²) in [7, 11) is 0. The fourth-order valence-electron chi connectivity index (χ4n) is 1.29. The first-order valence-corrected chi connectivity index (χ1v) is 5.19. The number of hydroxylamine groups is 1. The molecule has 0 aliphatic rings. The first kappa shape index (κ1) is 11.8. The maximum atomic E-state index is 11.7. The van der Waals surface area contributed by atoms with Crippen molar-refractivity contribution in [3.63, 3.8) is 0 Å². The van der Waals surface area contributed by atoms with E-state index in [1.165, 1.54) is 5.56 Å². The van der Waals surface area contributed by atoms with Crippen LogP contribution in [0.3, 0.4) is 0 Å².